The second kappa shape index (κ2) is 10.2. The summed E-state index contributed by atoms with van der Waals surface area (Å²) in [5, 5.41) is 3.06. The number of nitrogens with zero attached hydrogens (tertiary/aromatic N) is 1. The lowest BCUT2D eigenvalue weighted by atomic mass is 9.64. The number of ketones is 2. The predicted molar refractivity (Wildman–Crippen MR) is 168 cm³/mol. The lowest BCUT2D eigenvalue weighted by molar-refractivity contribution is -0.121. The van der Waals surface area contributed by atoms with E-state index in [0.717, 1.165) is 15.7 Å². The van der Waals surface area contributed by atoms with E-state index in [-0.39, 0.29) is 17.5 Å². The number of methoxy groups -OCH3 is 2. The maximum Gasteiger partial charge on any atom is 0.238 e. The molecule has 0 bridgehead atoms. The minimum absolute atomic E-state index is 0.284. The van der Waals surface area contributed by atoms with E-state index in [9.17, 15) is 14.4 Å². The van der Waals surface area contributed by atoms with E-state index in [1.807, 2.05) is 65.6 Å². The van der Waals surface area contributed by atoms with Gasteiger partial charge in [-0.2, -0.15) is 0 Å². The number of amides is 1. The average Bonchev–Trinajstić information content (AvgIpc) is 3.52. The third kappa shape index (κ3) is 3.97. The Hall–Kier alpha value is -4.69. The van der Waals surface area contributed by atoms with Crippen molar-refractivity contribution in [1.82, 2.24) is 0 Å². The topological polar surface area (TPSA) is 84.9 Å². The maximum absolute atomic E-state index is 14.9. The number of para-hydroxylation sites is 2. The first kappa shape index (κ1) is 27.2. The monoisotopic (exact) mass is 634 g/mol. The fourth-order valence-corrected chi connectivity index (χ4v) is 7.30. The summed E-state index contributed by atoms with van der Waals surface area (Å²) in [5.74, 6) is -1.06. The highest BCUT2D eigenvalue weighted by molar-refractivity contribution is 9.10. The van der Waals surface area contributed by atoms with Crippen LogP contribution in [0.4, 0.5) is 11.4 Å². The van der Waals surface area contributed by atoms with Gasteiger partial charge < -0.3 is 19.7 Å². The molecule has 43 heavy (non-hydrogen) atoms. The minimum atomic E-state index is -1.38. The molecule has 1 fully saturated rings. The van der Waals surface area contributed by atoms with Gasteiger partial charge in [0.1, 0.15) is 23.0 Å². The molecule has 1 amide bonds. The number of hydrogen-bond acceptors (Lipinski definition) is 6. The molecular weight excluding hydrogens is 608 g/mol. The number of fused-ring (bicyclic) bond motifs is 6. The van der Waals surface area contributed by atoms with Crippen LogP contribution in [-0.4, -0.2) is 43.8 Å². The fourth-order valence-electron chi connectivity index (χ4n) is 7.03. The number of Topliss-reactive ketones (excluding diaryl/α,β-unsaturated/α-hetero) is 2. The fraction of sp³-hybridized carbons (Fsp3) is 0.171. The van der Waals surface area contributed by atoms with Gasteiger partial charge in [-0.15, -0.1) is 0 Å². The highest BCUT2D eigenvalue weighted by Gasteiger charge is 2.70. The number of carbonyl (C=O) groups excluding carboxylic acids is 3. The first-order valence-corrected chi connectivity index (χ1v) is 14.7. The molecule has 7 nitrogen and oxygen atoms in total. The minimum Gasteiger partial charge on any atom is -0.497 e. The zero-order chi connectivity index (χ0) is 29.9. The molecule has 3 aliphatic heterocycles. The number of hydrogen-bond donors (Lipinski definition) is 1. The lowest BCUT2D eigenvalue weighted by Gasteiger charge is -2.37. The van der Waals surface area contributed by atoms with Crippen molar-refractivity contribution in [3.8, 4) is 11.5 Å². The van der Waals surface area contributed by atoms with Crippen molar-refractivity contribution in [2.24, 2.45) is 5.92 Å². The summed E-state index contributed by atoms with van der Waals surface area (Å²) < 4.78 is 11.8. The van der Waals surface area contributed by atoms with E-state index in [4.69, 9.17) is 9.47 Å². The van der Waals surface area contributed by atoms with Crippen molar-refractivity contribution >= 4 is 50.9 Å². The number of carbonyl (C=O) groups is 3. The van der Waals surface area contributed by atoms with Crippen molar-refractivity contribution in [2.45, 2.75) is 17.5 Å². The molecule has 3 aliphatic rings. The highest BCUT2D eigenvalue weighted by atomic mass is 79.9. The van der Waals surface area contributed by atoms with E-state index in [1.165, 1.54) is 14.2 Å². The van der Waals surface area contributed by atoms with Crippen LogP contribution in [0.1, 0.15) is 31.8 Å². The molecule has 1 saturated heterocycles. The third-order valence-corrected chi connectivity index (χ3v) is 9.39. The summed E-state index contributed by atoms with van der Waals surface area (Å²) in [7, 11) is 3.05. The van der Waals surface area contributed by atoms with Gasteiger partial charge in [0.15, 0.2) is 11.6 Å². The Morgan fingerprint density at radius 1 is 0.837 bits per heavy atom. The van der Waals surface area contributed by atoms with Crippen LogP contribution < -0.4 is 19.7 Å². The zero-order valence-corrected chi connectivity index (χ0v) is 25.0. The van der Waals surface area contributed by atoms with Gasteiger partial charge in [0, 0.05) is 33.0 Å². The first-order chi connectivity index (χ1) is 20.9. The Labute approximate surface area is 257 Å². The molecule has 3 heterocycles. The number of benzene rings is 4. The van der Waals surface area contributed by atoms with Crippen molar-refractivity contribution in [2.75, 3.05) is 24.4 Å². The average molecular weight is 636 g/mol. The van der Waals surface area contributed by atoms with Gasteiger partial charge in [0.2, 0.25) is 5.91 Å². The van der Waals surface area contributed by atoms with Gasteiger partial charge in [-0.25, -0.2) is 0 Å². The number of anilines is 2. The number of nitrogens with one attached hydrogen (secondary N) is 1. The van der Waals surface area contributed by atoms with Crippen LogP contribution in [0.5, 0.6) is 11.5 Å². The van der Waals surface area contributed by atoms with Gasteiger partial charge in [-0.3, -0.25) is 14.4 Å². The molecule has 0 aliphatic carbocycles. The highest BCUT2D eigenvalue weighted by Crippen LogP contribution is 2.58. The van der Waals surface area contributed by atoms with Gasteiger partial charge in [-0.05, 0) is 47.5 Å². The summed E-state index contributed by atoms with van der Waals surface area (Å²) in [6.07, 6.45) is 3.94. The largest absolute Gasteiger partial charge is 0.497 e. The molecule has 1 N–H and O–H groups in total. The van der Waals surface area contributed by atoms with E-state index in [0.29, 0.717) is 33.9 Å². The van der Waals surface area contributed by atoms with E-state index >= 15 is 0 Å². The molecule has 214 valence electrons. The van der Waals surface area contributed by atoms with E-state index in [2.05, 4.69) is 21.2 Å². The van der Waals surface area contributed by atoms with Crippen molar-refractivity contribution < 1.29 is 23.9 Å². The molecule has 0 saturated carbocycles. The predicted octanol–water partition coefficient (Wildman–Crippen LogP) is 6.32. The van der Waals surface area contributed by atoms with Crippen LogP contribution in [0.2, 0.25) is 0 Å². The van der Waals surface area contributed by atoms with Crippen LogP contribution in [0.15, 0.2) is 102 Å². The second-order valence-corrected chi connectivity index (χ2v) is 11.8. The van der Waals surface area contributed by atoms with Gasteiger partial charge in [-0.1, -0.05) is 76.6 Å². The molecular formula is C35H27BrN2O5. The van der Waals surface area contributed by atoms with Crippen LogP contribution in [0.3, 0.4) is 0 Å². The first-order valence-electron chi connectivity index (χ1n) is 13.9. The summed E-state index contributed by atoms with van der Waals surface area (Å²) >= 11 is 3.46. The summed E-state index contributed by atoms with van der Waals surface area (Å²) in [5.41, 5.74) is 2.39. The number of rotatable bonds is 6. The molecule has 0 aromatic heterocycles. The van der Waals surface area contributed by atoms with Crippen LogP contribution in [0.25, 0.3) is 6.08 Å². The molecule has 7 rings (SSSR count). The quantitative estimate of drug-likeness (QED) is 0.250. The molecule has 0 unspecified atom stereocenters. The summed E-state index contributed by atoms with van der Waals surface area (Å²) in [6, 6.07) is 25.6. The molecule has 4 aromatic rings. The molecule has 4 atom stereocenters. The molecule has 0 radical (unpaired) electrons. The Morgan fingerprint density at radius 3 is 2.23 bits per heavy atom. The smallest absolute Gasteiger partial charge is 0.238 e. The maximum atomic E-state index is 14.9. The normalized spacial score (nSPS) is 22.9. The van der Waals surface area contributed by atoms with E-state index < -0.39 is 23.4 Å². The zero-order valence-electron chi connectivity index (χ0n) is 23.4. The van der Waals surface area contributed by atoms with E-state index in [1.54, 1.807) is 42.5 Å². The molecule has 4 aromatic carbocycles. The lowest BCUT2D eigenvalue weighted by Crippen LogP contribution is -2.51. The van der Waals surface area contributed by atoms with Gasteiger partial charge >= 0.3 is 0 Å². The molecule has 1 spiro atoms. The van der Waals surface area contributed by atoms with Crippen LogP contribution >= 0.6 is 15.9 Å². The van der Waals surface area contributed by atoms with Crippen LogP contribution in [-0.2, 0) is 10.2 Å². The second-order valence-electron chi connectivity index (χ2n) is 10.9. The Balaban J connectivity index is 1.53. The standard InChI is InChI=1S/C35H27BrN2O5/c1-42-24-17-22(18-25(19-24)43-2)33(40)31-30(32(39)21-11-14-23(36)15-12-21)35(26-8-4-5-9-27(26)37-34(35)41)29-16-13-20-7-3-6-10-28(20)38(29)31/h3-19,29-31H,1-2H3,(H,37,41)/t29-,30+,31-,35+/m0/s1. The number of halogens is 1. The van der Waals surface area contributed by atoms with Crippen molar-refractivity contribution in [3.05, 3.63) is 124 Å². The van der Waals surface area contributed by atoms with Gasteiger partial charge in [0.25, 0.3) is 0 Å². The van der Waals surface area contributed by atoms with Crippen LogP contribution in [0, 0.1) is 5.92 Å². The Bertz CT molecular complexity index is 1810. The Morgan fingerprint density at radius 2 is 1.51 bits per heavy atom. The number of ether oxygens (including phenoxy) is 2. The van der Waals surface area contributed by atoms with Gasteiger partial charge in [0.05, 0.1) is 26.2 Å². The van der Waals surface area contributed by atoms with Crippen molar-refractivity contribution in [3.63, 3.8) is 0 Å². The summed E-state index contributed by atoms with van der Waals surface area (Å²) in [6.45, 7) is 0. The van der Waals surface area contributed by atoms with Crippen molar-refractivity contribution in [1.29, 1.82) is 0 Å². The molecule has 8 heteroatoms. The Kier molecular flexibility index (Phi) is 6.47. The summed E-state index contributed by atoms with van der Waals surface area (Å²) in [4.78, 5) is 46.2. The SMILES string of the molecule is COc1cc(OC)cc(C(=O)[C@@H]2[C@H](C(=O)c3ccc(Br)cc3)[C@]3(C(=O)Nc4ccccc43)[C@@H]3C=Cc4ccccc4N23)c1. The third-order valence-electron chi connectivity index (χ3n) is 8.86.